The quantitative estimate of drug-likeness (QED) is 0.461. The zero-order valence-corrected chi connectivity index (χ0v) is 17.5. The van der Waals surface area contributed by atoms with Gasteiger partial charge < -0.3 is 18.7 Å². The van der Waals surface area contributed by atoms with Gasteiger partial charge in [0.25, 0.3) is 5.89 Å². The van der Waals surface area contributed by atoms with E-state index in [0.29, 0.717) is 41.2 Å². The average Bonchev–Trinajstić information content (AvgIpc) is 3.45. The largest absolute Gasteiger partial charge is 0.493 e. The van der Waals surface area contributed by atoms with Crippen molar-refractivity contribution in [2.24, 2.45) is 0 Å². The molecule has 0 bridgehead atoms. The van der Waals surface area contributed by atoms with Crippen LogP contribution in [0.2, 0.25) is 5.02 Å². The standard InChI is InChI=1S/C21H18ClN5O4/c1-28-16-8-5-13(9-17(16)29-2)20-23-21(31-25-20)19-15-11-30-18(10-27(15)26-24-19)12-3-6-14(22)7-4-12/h3-9,18H,10-11H2,1-2H3/t18-/m1/s1. The maximum Gasteiger partial charge on any atom is 0.280 e. The van der Waals surface area contributed by atoms with E-state index in [1.165, 1.54) is 0 Å². The fourth-order valence-corrected chi connectivity index (χ4v) is 3.60. The van der Waals surface area contributed by atoms with Crippen LogP contribution in [0, 0.1) is 0 Å². The van der Waals surface area contributed by atoms with Crippen molar-refractivity contribution in [2.45, 2.75) is 19.3 Å². The number of halogens is 1. The van der Waals surface area contributed by atoms with Gasteiger partial charge in [-0.15, -0.1) is 5.10 Å². The number of aromatic nitrogens is 5. The van der Waals surface area contributed by atoms with Crippen LogP contribution in [0.5, 0.6) is 11.5 Å². The molecule has 31 heavy (non-hydrogen) atoms. The van der Waals surface area contributed by atoms with E-state index < -0.39 is 0 Å². The number of fused-ring (bicyclic) bond motifs is 1. The zero-order valence-electron chi connectivity index (χ0n) is 16.8. The summed E-state index contributed by atoms with van der Waals surface area (Å²) in [6, 6.07) is 13.0. The lowest BCUT2D eigenvalue weighted by Crippen LogP contribution is -2.22. The van der Waals surface area contributed by atoms with Crippen molar-refractivity contribution in [3.63, 3.8) is 0 Å². The molecule has 5 rings (SSSR count). The molecule has 0 unspecified atom stereocenters. The SMILES string of the molecule is COc1ccc(-c2noc(-c3nnn4c3CO[C@@H](c3ccc(Cl)cc3)C4)n2)cc1OC. The molecule has 2 aromatic carbocycles. The van der Waals surface area contributed by atoms with Gasteiger partial charge >= 0.3 is 0 Å². The molecule has 0 fully saturated rings. The summed E-state index contributed by atoms with van der Waals surface area (Å²) in [5.41, 5.74) is 3.05. The molecule has 0 saturated carbocycles. The monoisotopic (exact) mass is 439 g/mol. The number of nitrogens with zero attached hydrogens (tertiary/aromatic N) is 5. The Balaban J connectivity index is 1.40. The second-order valence-electron chi connectivity index (χ2n) is 6.91. The van der Waals surface area contributed by atoms with E-state index in [2.05, 4.69) is 20.5 Å². The van der Waals surface area contributed by atoms with Crippen molar-refractivity contribution < 1.29 is 18.7 Å². The van der Waals surface area contributed by atoms with Gasteiger partial charge in [-0.2, -0.15) is 4.98 Å². The van der Waals surface area contributed by atoms with Gasteiger partial charge in [-0.3, -0.25) is 0 Å². The lowest BCUT2D eigenvalue weighted by atomic mass is 10.1. The number of rotatable bonds is 5. The van der Waals surface area contributed by atoms with Crippen molar-refractivity contribution in [1.29, 1.82) is 0 Å². The molecule has 9 nitrogen and oxygen atoms in total. The first-order valence-corrected chi connectivity index (χ1v) is 9.90. The Morgan fingerprint density at radius 3 is 2.65 bits per heavy atom. The molecular weight excluding hydrogens is 422 g/mol. The highest BCUT2D eigenvalue weighted by Gasteiger charge is 2.28. The summed E-state index contributed by atoms with van der Waals surface area (Å²) >= 11 is 5.98. The fraction of sp³-hybridized carbons (Fsp3) is 0.238. The van der Waals surface area contributed by atoms with Crippen molar-refractivity contribution in [1.82, 2.24) is 25.1 Å². The average molecular weight is 440 g/mol. The Kier molecular flexibility index (Phi) is 5.05. The molecule has 158 valence electrons. The van der Waals surface area contributed by atoms with E-state index in [4.69, 9.17) is 30.3 Å². The Labute approximate surface area is 182 Å². The molecule has 2 aromatic heterocycles. The predicted molar refractivity (Wildman–Crippen MR) is 111 cm³/mol. The van der Waals surface area contributed by atoms with Crippen LogP contribution in [0.25, 0.3) is 23.0 Å². The highest BCUT2D eigenvalue weighted by atomic mass is 35.5. The van der Waals surface area contributed by atoms with Crippen LogP contribution in [-0.2, 0) is 17.9 Å². The first-order valence-electron chi connectivity index (χ1n) is 9.52. The number of methoxy groups -OCH3 is 2. The van der Waals surface area contributed by atoms with Gasteiger partial charge in [0, 0.05) is 10.6 Å². The van der Waals surface area contributed by atoms with Gasteiger partial charge in [-0.25, -0.2) is 4.68 Å². The lowest BCUT2D eigenvalue weighted by molar-refractivity contribution is -0.00117. The van der Waals surface area contributed by atoms with Gasteiger partial charge in [0.15, 0.2) is 17.2 Å². The van der Waals surface area contributed by atoms with E-state index in [1.54, 1.807) is 31.0 Å². The minimum absolute atomic E-state index is 0.135. The van der Waals surface area contributed by atoms with Crippen LogP contribution in [0.3, 0.4) is 0 Å². The summed E-state index contributed by atoms with van der Waals surface area (Å²) in [7, 11) is 3.15. The smallest absolute Gasteiger partial charge is 0.280 e. The van der Waals surface area contributed by atoms with Gasteiger partial charge in [-0.05, 0) is 35.9 Å². The molecule has 1 aliphatic rings. The highest BCUT2D eigenvalue weighted by Crippen LogP contribution is 2.34. The third-order valence-corrected chi connectivity index (χ3v) is 5.36. The summed E-state index contributed by atoms with van der Waals surface area (Å²) in [4.78, 5) is 4.49. The maximum absolute atomic E-state index is 6.03. The van der Waals surface area contributed by atoms with E-state index in [0.717, 1.165) is 16.8 Å². The third-order valence-electron chi connectivity index (χ3n) is 5.11. The molecule has 0 amide bonds. The lowest BCUT2D eigenvalue weighted by Gasteiger charge is -2.24. The third kappa shape index (κ3) is 3.62. The van der Waals surface area contributed by atoms with E-state index in [1.807, 2.05) is 30.3 Å². The molecule has 1 aliphatic heterocycles. The molecule has 0 aliphatic carbocycles. The fourth-order valence-electron chi connectivity index (χ4n) is 3.47. The Hall–Kier alpha value is -3.43. The van der Waals surface area contributed by atoms with Gasteiger partial charge in [-0.1, -0.05) is 34.1 Å². The Morgan fingerprint density at radius 1 is 1.06 bits per heavy atom. The van der Waals surface area contributed by atoms with Gasteiger partial charge in [0.05, 0.1) is 33.1 Å². The van der Waals surface area contributed by atoms with Crippen LogP contribution in [0.1, 0.15) is 17.4 Å². The maximum atomic E-state index is 6.03. The molecule has 0 saturated heterocycles. The number of ether oxygens (including phenoxy) is 3. The Bertz CT molecular complexity index is 1220. The Morgan fingerprint density at radius 2 is 1.87 bits per heavy atom. The summed E-state index contributed by atoms with van der Waals surface area (Å²) in [6.45, 7) is 0.852. The number of benzene rings is 2. The van der Waals surface area contributed by atoms with Crippen molar-refractivity contribution >= 4 is 11.6 Å². The molecule has 3 heterocycles. The topological polar surface area (TPSA) is 97.3 Å². The second kappa shape index (κ2) is 8.01. The van der Waals surface area contributed by atoms with E-state index in [-0.39, 0.29) is 12.0 Å². The highest BCUT2D eigenvalue weighted by molar-refractivity contribution is 6.30. The van der Waals surface area contributed by atoms with Gasteiger partial charge in [0.2, 0.25) is 5.82 Å². The summed E-state index contributed by atoms with van der Waals surface area (Å²) in [6.07, 6.45) is -0.135. The summed E-state index contributed by atoms with van der Waals surface area (Å²) in [5.74, 6) is 1.89. The van der Waals surface area contributed by atoms with E-state index in [9.17, 15) is 0 Å². The van der Waals surface area contributed by atoms with Crippen molar-refractivity contribution in [3.8, 4) is 34.5 Å². The first-order chi connectivity index (χ1) is 15.2. The van der Waals surface area contributed by atoms with Crippen molar-refractivity contribution in [2.75, 3.05) is 14.2 Å². The predicted octanol–water partition coefficient (Wildman–Crippen LogP) is 3.94. The molecule has 4 aromatic rings. The second-order valence-corrected chi connectivity index (χ2v) is 7.35. The molecule has 10 heteroatoms. The molecular formula is C21H18ClN5O4. The molecule has 0 radical (unpaired) electrons. The number of hydrogen-bond donors (Lipinski definition) is 0. The number of hydrogen-bond acceptors (Lipinski definition) is 8. The van der Waals surface area contributed by atoms with Gasteiger partial charge in [0.1, 0.15) is 6.10 Å². The summed E-state index contributed by atoms with van der Waals surface area (Å²) < 4.78 is 23.9. The molecule has 1 atom stereocenters. The summed E-state index contributed by atoms with van der Waals surface area (Å²) in [5, 5.41) is 13.3. The van der Waals surface area contributed by atoms with Crippen LogP contribution < -0.4 is 9.47 Å². The molecule has 0 N–H and O–H groups in total. The normalized spacial score (nSPS) is 15.5. The van der Waals surface area contributed by atoms with Crippen LogP contribution in [0.4, 0.5) is 0 Å². The van der Waals surface area contributed by atoms with Crippen LogP contribution in [-0.4, -0.2) is 39.4 Å². The first kappa shape index (κ1) is 19.5. The zero-order chi connectivity index (χ0) is 21.4. The van der Waals surface area contributed by atoms with Crippen LogP contribution >= 0.6 is 11.6 Å². The van der Waals surface area contributed by atoms with E-state index >= 15 is 0 Å². The minimum Gasteiger partial charge on any atom is -0.493 e. The van der Waals surface area contributed by atoms with Crippen molar-refractivity contribution in [3.05, 3.63) is 58.7 Å². The minimum atomic E-state index is -0.135. The molecule has 0 spiro atoms. The van der Waals surface area contributed by atoms with Crippen LogP contribution in [0.15, 0.2) is 47.0 Å².